The summed E-state index contributed by atoms with van der Waals surface area (Å²) < 4.78 is 6.20. The summed E-state index contributed by atoms with van der Waals surface area (Å²) in [6.45, 7) is 0. The van der Waals surface area contributed by atoms with Crippen molar-refractivity contribution in [3.05, 3.63) is 29.8 Å². The quantitative estimate of drug-likeness (QED) is 0.724. The first kappa shape index (κ1) is 10.2. The molecule has 1 aromatic carbocycles. The third-order valence-electron chi connectivity index (χ3n) is 4.08. The second-order valence-electron chi connectivity index (χ2n) is 5.10. The Morgan fingerprint density at radius 2 is 1.75 bits per heavy atom. The first-order valence-corrected chi connectivity index (χ1v) is 6.35. The lowest BCUT2D eigenvalue weighted by Gasteiger charge is -2.31. The lowest BCUT2D eigenvalue weighted by atomic mass is 9.85. The Kier molecular flexibility index (Phi) is 2.40. The van der Waals surface area contributed by atoms with Crippen molar-refractivity contribution in [2.45, 2.75) is 50.2 Å². The molecule has 1 unspecified atom stereocenters. The van der Waals surface area contributed by atoms with E-state index in [9.17, 15) is 0 Å². The average molecular weight is 217 g/mol. The molecule has 1 aliphatic carbocycles. The lowest BCUT2D eigenvalue weighted by molar-refractivity contribution is 0.0529. The van der Waals surface area contributed by atoms with Gasteiger partial charge in [-0.05, 0) is 31.7 Å². The fourth-order valence-corrected chi connectivity index (χ4v) is 3.14. The highest BCUT2D eigenvalue weighted by molar-refractivity contribution is 5.42. The van der Waals surface area contributed by atoms with E-state index >= 15 is 0 Å². The predicted molar refractivity (Wildman–Crippen MR) is 64.4 cm³/mol. The van der Waals surface area contributed by atoms with Gasteiger partial charge in [0.25, 0.3) is 0 Å². The molecule has 1 fully saturated rings. The number of rotatable bonds is 0. The molecule has 0 amide bonds. The summed E-state index contributed by atoms with van der Waals surface area (Å²) in [5.74, 6) is 1.01. The van der Waals surface area contributed by atoms with Gasteiger partial charge in [0.2, 0.25) is 0 Å². The van der Waals surface area contributed by atoms with Gasteiger partial charge < -0.3 is 10.5 Å². The van der Waals surface area contributed by atoms with Crippen LogP contribution in [0.4, 0.5) is 0 Å². The first-order chi connectivity index (χ1) is 7.82. The molecule has 16 heavy (non-hydrogen) atoms. The number of fused-ring (bicyclic) bond motifs is 1. The van der Waals surface area contributed by atoms with E-state index in [1.165, 1.54) is 31.2 Å². The summed E-state index contributed by atoms with van der Waals surface area (Å²) in [4.78, 5) is 0. The number of hydrogen-bond donors (Lipinski definition) is 1. The molecule has 86 valence electrons. The summed E-state index contributed by atoms with van der Waals surface area (Å²) in [5, 5.41) is 0. The number of nitrogens with two attached hydrogens (primary N) is 1. The smallest absolute Gasteiger partial charge is 0.128 e. The van der Waals surface area contributed by atoms with Crippen LogP contribution in [0.3, 0.4) is 0 Å². The van der Waals surface area contributed by atoms with Crippen molar-refractivity contribution < 1.29 is 4.74 Å². The zero-order valence-electron chi connectivity index (χ0n) is 9.61. The standard InChI is InChI=1S/C14H19NO/c15-13-11-7-3-4-8-12(11)16-14(13)9-5-1-2-6-10-14/h3-4,7-8,13H,1-2,5-6,9-10,15H2. The molecule has 2 N–H and O–H groups in total. The summed E-state index contributed by atoms with van der Waals surface area (Å²) in [7, 11) is 0. The maximum Gasteiger partial charge on any atom is 0.128 e. The average Bonchev–Trinajstić information content (AvgIpc) is 2.49. The van der Waals surface area contributed by atoms with Crippen molar-refractivity contribution in [2.75, 3.05) is 0 Å². The number of para-hydroxylation sites is 1. The molecule has 1 saturated carbocycles. The molecular weight excluding hydrogens is 198 g/mol. The van der Waals surface area contributed by atoms with Crippen LogP contribution in [0.1, 0.15) is 50.1 Å². The van der Waals surface area contributed by atoms with E-state index in [0.29, 0.717) is 0 Å². The van der Waals surface area contributed by atoms with Crippen LogP contribution >= 0.6 is 0 Å². The van der Waals surface area contributed by atoms with Crippen LogP contribution < -0.4 is 10.5 Å². The van der Waals surface area contributed by atoms with E-state index in [0.717, 1.165) is 18.6 Å². The molecule has 1 spiro atoms. The van der Waals surface area contributed by atoms with Crippen LogP contribution in [0.25, 0.3) is 0 Å². The van der Waals surface area contributed by atoms with Crippen LogP contribution in [0.2, 0.25) is 0 Å². The van der Waals surface area contributed by atoms with Gasteiger partial charge in [-0.2, -0.15) is 0 Å². The number of benzene rings is 1. The molecule has 1 heterocycles. The highest BCUT2D eigenvalue weighted by Crippen LogP contribution is 2.47. The van der Waals surface area contributed by atoms with E-state index in [4.69, 9.17) is 10.5 Å². The lowest BCUT2D eigenvalue weighted by Crippen LogP contribution is -2.41. The second-order valence-corrected chi connectivity index (χ2v) is 5.10. The Hall–Kier alpha value is -1.02. The monoisotopic (exact) mass is 217 g/mol. The van der Waals surface area contributed by atoms with Crippen molar-refractivity contribution in [1.29, 1.82) is 0 Å². The fourth-order valence-electron chi connectivity index (χ4n) is 3.14. The first-order valence-electron chi connectivity index (χ1n) is 6.35. The van der Waals surface area contributed by atoms with Gasteiger partial charge in [-0.3, -0.25) is 0 Å². The fraction of sp³-hybridized carbons (Fsp3) is 0.571. The van der Waals surface area contributed by atoms with Gasteiger partial charge in [0.05, 0.1) is 6.04 Å². The summed E-state index contributed by atoms with van der Waals surface area (Å²) in [5.41, 5.74) is 7.50. The van der Waals surface area contributed by atoms with E-state index in [1.54, 1.807) is 0 Å². The molecule has 1 atom stereocenters. The van der Waals surface area contributed by atoms with E-state index in [-0.39, 0.29) is 11.6 Å². The summed E-state index contributed by atoms with van der Waals surface area (Å²) in [6.07, 6.45) is 7.39. The maximum atomic E-state index is 6.40. The van der Waals surface area contributed by atoms with Gasteiger partial charge >= 0.3 is 0 Å². The largest absolute Gasteiger partial charge is 0.485 e. The summed E-state index contributed by atoms with van der Waals surface area (Å²) in [6, 6.07) is 8.31. The zero-order valence-corrected chi connectivity index (χ0v) is 9.61. The van der Waals surface area contributed by atoms with Gasteiger partial charge in [0.1, 0.15) is 11.4 Å². The van der Waals surface area contributed by atoms with Crippen LogP contribution in [-0.2, 0) is 0 Å². The molecule has 1 aromatic rings. The van der Waals surface area contributed by atoms with E-state index in [2.05, 4.69) is 18.2 Å². The van der Waals surface area contributed by atoms with Crippen molar-refractivity contribution in [1.82, 2.24) is 0 Å². The van der Waals surface area contributed by atoms with Crippen molar-refractivity contribution >= 4 is 0 Å². The molecule has 0 aromatic heterocycles. The third-order valence-corrected chi connectivity index (χ3v) is 4.08. The van der Waals surface area contributed by atoms with Crippen molar-refractivity contribution in [3.63, 3.8) is 0 Å². The molecule has 0 radical (unpaired) electrons. The minimum atomic E-state index is -0.0970. The maximum absolute atomic E-state index is 6.40. The minimum absolute atomic E-state index is 0.0711. The van der Waals surface area contributed by atoms with Gasteiger partial charge in [0.15, 0.2) is 0 Å². The Morgan fingerprint density at radius 1 is 1.06 bits per heavy atom. The van der Waals surface area contributed by atoms with Gasteiger partial charge in [-0.1, -0.05) is 31.0 Å². The topological polar surface area (TPSA) is 35.2 Å². The van der Waals surface area contributed by atoms with Crippen molar-refractivity contribution in [2.24, 2.45) is 5.73 Å². The highest BCUT2D eigenvalue weighted by Gasteiger charge is 2.45. The number of hydrogen-bond acceptors (Lipinski definition) is 2. The second kappa shape index (κ2) is 3.77. The van der Waals surface area contributed by atoms with Gasteiger partial charge in [-0.15, -0.1) is 0 Å². The normalized spacial score (nSPS) is 27.2. The van der Waals surface area contributed by atoms with E-state index in [1.807, 2.05) is 6.07 Å². The van der Waals surface area contributed by atoms with Gasteiger partial charge in [-0.25, -0.2) is 0 Å². The SMILES string of the molecule is NC1c2ccccc2OC12CCCCCC2. The van der Waals surface area contributed by atoms with Crippen LogP contribution in [0.5, 0.6) is 5.75 Å². The van der Waals surface area contributed by atoms with Crippen LogP contribution in [-0.4, -0.2) is 5.60 Å². The van der Waals surface area contributed by atoms with Crippen LogP contribution in [0, 0.1) is 0 Å². The Bertz CT molecular complexity index is 380. The molecular formula is C14H19NO. The molecule has 1 aliphatic heterocycles. The molecule has 2 heteroatoms. The molecule has 2 aliphatic rings. The molecule has 0 bridgehead atoms. The Labute approximate surface area is 96.8 Å². The summed E-state index contributed by atoms with van der Waals surface area (Å²) >= 11 is 0. The van der Waals surface area contributed by atoms with Crippen molar-refractivity contribution in [3.8, 4) is 5.75 Å². The predicted octanol–water partition coefficient (Wildman–Crippen LogP) is 3.17. The molecule has 2 nitrogen and oxygen atoms in total. The molecule has 0 saturated heterocycles. The zero-order chi connectivity index (χ0) is 11.0. The van der Waals surface area contributed by atoms with E-state index < -0.39 is 0 Å². The minimum Gasteiger partial charge on any atom is -0.485 e. The molecule has 3 rings (SSSR count). The van der Waals surface area contributed by atoms with Gasteiger partial charge in [0, 0.05) is 5.56 Å². The Balaban J connectivity index is 1.95. The highest BCUT2D eigenvalue weighted by atomic mass is 16.5. The Morgan fingerprint density at radius 3 is 2.44 bits per heavy atom. The number of ether oxygens (including phenoxy) is 1. The third kappa shape index (κ3) is 1.44. The van der Waals surface area contributed by atoms with Crippen LogP contribution in [0.15, 0.2) is 24.3 Å².